The van der Waals surface area contributed by atoms with E-state index in [4.69, 9.17) is 16.3 Å². The summed E-state index contributed by atoms with van der Waals surface area (Å²) in [5, 5.41) is 14.4. The average molecular weight is 537 g/mol. The molecule has 0 saturated carbocycles. The fraction of sp³-hybridized carbons (Fsp3) is 0.0800. The molecule has 5 rings (SSSR count). The highest BCUT2D eigenvalue weighted by atomic mass is 79.9. The molecule has 170 valence electrons. The minimum atomic E-state index is -0.351. The molecule has 5 aromatic rings. The third-order valence-corrected chi connectivity index (χ3v) is 6.00. The number of aromatic nitrogens is 4. The van der Waals surface area contributed by atoms with Crippen LogP contribution in [0.2, 0.25) is 5.02 Å². The van der Waals surface area contributed by atoms with Crippen LogP contribution in [-0.4, -0.2) is 25.5 Å². The van der Waals surface area contributed by atoms with Crippen LogP contribution >= 0.6 is 27.5 Å². The number of nitrogens with one attached hydrogen (secondary N) is 1. The van der Waals surface area contributed by atoms with E-state index in [1.807, 2.05) is 30.5 Å². The van der Waals surface area contributed by atoms with Gasteiger partial charge in [-0.15, -0.1) is 0 Å². The number of halogens is 2. The number of benzene rings is 3. The van der Waals surface area contributed by atoms with Gasteiger partial charge in [-0.1, -0.05) is 70.0 Å². The molecule has 34 heavy (non-hydrogen) atoms. The molecular weight excluding hydrogens is 518 g/mol. The maximum Gasteiger partial charge on any atom is 0.277 e. The van der Waals surface area contributed by atoms with Gasteiger partial charge >= 0.3 is 0 Å². The Labute approximate surface area is 209 Å². The summed E-state index contributed by atoms with van der Waals surface area (Å²) in [6.07, 6.45) is 3.51. The molecule has 2 heterocycles. The van der Waals surface area contributed by atoms with Crippen molar-refractivity contribution >= 4 is 50.0 Å². The first kappa shape index (κ1) is 22.2. The van der Waals surface area contributed by atoms with E-state index in [9.17, 15) is 4.79 Å². The van der Waals surface area contributed by atoms with Gasteiger partial charge in [0.05, 0.1) is 11.6 Å². The quantitative estimate of drug-likeness (QED) is 0.277. The minimum Gasteiger partial charge on any atom is -0.470 e. The van der Waals surface area contributed by atoms with Crippen LogP contribution in [0.15, 0.2) is 89.7 Å². The second kappa shape index (κ2) is 9.70. The van der Waals surface area contributed by atoms with E-state index in [1.54, 1.807) is 35.1 Å². The van der Waals surface area contributed by atoms with Crippen molar-refractivity contribution in [1.82, 2.24) is 19.6 Å². The molecule has 0 saturated heterocycles. The zero-order valence-corrected chi connectivity index (χ0v) is 20.2. The van der Waals surface area contributed by atoms with Crippen molar-refractivity contribution < 1.29 is 9.53 Å². The van der Waals surface area contributed by atoms with E-state index in [0.29, 0.717) is 23.1 Å². The fourth-order valence-corrected chi connectivity index (χ4v) is 4.31. The third kappa shape index (κ3) is 4.98. The number of carbonyl (C=O) groups excluding carboxylic acids is 1. The second-order valence-corrected chi connectivity index (χ2v) is 8.90. The molecular formula is C25H19BrClN5O2. The molecule has 7 nitrogen and oxygen atoms in total. The van der Waals surface area contributed by atoms with E-state index in [-0.39, 0.29) is 18.3 Å². The summed E-state index contributed by atoms with van der Waals surface area (Å²) >= 11 is 9.52. The van der Waals surface area contributed by atoms with Crippen molar-refractivity contribution in [2.75, 3.05) is 5.32 Å². The van der Waals surface area contributed by atoms with Crippen molar-refractivity contribution in [3.8, 4) is 5.75 Å². The van der Waals surface area contributed by atoms with Crippen LogP contribution in [0.4, 0.5) is 5.82 Å². The average Bonchev–Trinajstić information content (AvgIpc) is 3.48. The molecule has 0 spiro atoms. The molecule has 1 amide bonds. The van der Waals surface area contributed by atoms with Crippen molar-refractivity contribution in [3.05, 3.63) is 106 Å². The van der Waals surface area contributed by atoms with Crippen LogP contribution in [0.1, 0.15) is 16.1 Å². The molecule has 0 fully saturated rings. The van der Waals surface area contributed by atoms with Gasteiger partial charge in [-0.2, -0.15) is 10.2 Å². The Bertz CT molecular complexity index is 1470. The number of fused-ring (bicyclic) bond motifs is 1. The number of carbonyl (C=O) groups is 1. The van der Waals surface area contributed by atoms with Crippen LogP contribution < -0.4 is 10.1 Å². The zero-order valence-electron chi connectivity index (χ0n) is 17.9. The van der Waals surface area contributed by atoms with Crippen molar-refractivity contribution in [1.29, 1.82) is 0 Å². The predicted octanol–water partition coefficient (Wildman–Crippen LogP) is 5.99. The molecule has 0 aliphatic rings. The number of nitrogens with zero attached hydrogens (tertiary/aromatic N) is 4. The number of ether oxygens (including phenoxy) is 1. The smallest absolute Gasteiger partial charge is 0.277 e. The SMILES string of the molecule is O=C(Nc1ccn(Cc2cccc3ccccc23)n1)c1ccn(COc2ccc(Br)cc2Cl)n1. The third-order valence-electron chi connectivity index (χ3n) is 5.21. The summed E-state index contributed by atoms with van der Waals surface area (Å²) < 4.78 is 9.86. The number of hydrogen-bond donors (Lipinski definition) is 1. The minimum absolute atomic E-state index is 0.119. The molecule has 2 aromatic heterocycles. The van der Waals surface area contributed by atoms with Gasteiger partial charge in [0.2, 0.25) is 0 Å². The van der Waals surface area contributed by atoms with Gasteiger partial charge in [0, 0.05) is 22.9 Å². The number of hydrogen-bond acceptors (Lipinski definition) is 4. The largest absolute Gasteiger partial charge is 0.470 e. The molecule has 0 radical (unpaired) electrons. The molecule has 9 heteroatoms. The Kier molecular flexibility index (Phi) is 6.33. The first-order chi connectivity index (χ1) is 16.5. The highest BCUT2D eigenvalue weighted by molar-refractivity contribution is 9.10. The molecule has 0 aliphatic heterocycles. The Morgan fingerprint density at radius 3 is 2.68 bits per heavy atom. The normalized spacial score (nSPS) is 11.0. The van der Waals surface area contributed by atoms with E-state index in [2.05, 4.69) is 55.7 Å². The van der Waals surface area contributed by atoms with Crippen LogP contribution in [0.3, 0.4) is 0 Å². The number of rotatable bonds is 7. The zero-order chi connectivity index (χ0) is 23.5. The van der Waals surface area contributed by atoms with Crippen molar-refractivity contribution in [2.24, 2.45) is 0 Å². The Morgan fingerprint density at radius 2 is 1.79 bits per heavy atom. The van der Waals surface area contributed by atoms with E-state index in [0.717, 1.165) is 10.0 Å². The topological polar surface area (TPSA) is 74.0 Å². The summed E-state index contributed by atoms with van der Waals surface area (Å²) in [4.78, 5) is 12.6. The first-order valence-electron chi connectivity index (χ1n) is 10.5. The Morgan fingerprint density at radius 1 is 0.971 bits per heavy atom. The number of anilines is 1. The van der Waals surface area contributed by atoms with Gasteiger partial charge < -0.3 is 10.1 Å². The predicted molar refractivity (Wildman–Crippen MR) is 135 cm³/mol. The van der Waals surface area contributed by atoms with Gasteiger partial charge in [-0.3, -0.25) is 9.48 Å². The Hall–Kier alpha value is -3.62. The molecule has 0 unspecified atom stereocenters. The summed E-state index contributed by atoms with van der Waals surface area (Å²) in [6.45, 7) is 0.718. The standard InChI is InChI=1S/C25H19BrClN5O2/c26-19-8-9-23(21(27)14-19)34-16-32-12-10-22(29-32)25(33)28-24-11-13-31(30-24)15-18-6-3-5-17-4-1-2-7-20(17)18/h1-14H,15-16H2,(H,28,30,33). The second-order valence-electron chi connectivity index (χ2n) is 7.58. The van der Waals surface area contributed by atoms with Gasteiger partial charge in [0.1, 0.15) is 5.75 Å². The van der Waals surface area contributed by atoms with Gasteiger partial charge in [-0.25, -0.2) is 4.68 Å². The van der Waals surface area contributed by atoms with Crippen LogP contribution in [-0.2, 0) is 13.3 Å². The van der Waals surface area contributed by atoms with Crippen LogP contribution in [0, 0.1) is 0 Å². The van der Waals surface area contributed by atoms with E-state index < -0.39 is 0 Å². The van der Waals surface area contributed by atoms with Crippen molar-refractivity contribution in [3.63, 3.8) is 0 Å². The lowest BCUT2D eigenvalue weighted by Gasteiger charge is -2.08. The van der Waals surface area contributed by atoms with E-state index in [1.165, 1.54) is 15.5 Å². The van der Waals surface area contributed by atoms with Crippen molar-refractivity contribution in [2.45, 2.75) is 13.3 Å². The Balaban J connectivity index is 1.21. The molecule has 0 aliphatic carbocycles. The first-order valence-corrected chi connectivity index (χ1v) is 11.6. The highest BCUT2D eigenvalue weighted by Crippen LogP contribution is 2.28. The molecule has 0 atom stereocenters. The maximum atomic E-state index is 12.6. The fourth-order valence-electron chi connectivity index (χ4n) is 3.58. The molecule has 0 bridgehead atoms. The summed E-state index contributed by atoms with van der Waals surface area (Å²) in [5.41, 5.74) is 1.41. The van der Waals surface area contributed by atoms with Crippen LogP contribution in [0.5, 0.6) is 5.75 Å². The highest BCUT2D eigenvalue weighted by Gasteiger charge is 2.12. The van der Waals surface area contributed by atoms with Gasteiger partial charge in [0.25, 0.3) is 5.91 Å². The maximum absolute atomic E-state index is 12.6. The lowest BCUT2D eigenvalue weighted by Crippen LogP contribution is -2.15. The molecule has 1 N–H and O–H groups in total. The van der Waals surface area contributed by atoms with E-state index >= 15 is 0 Å². The van der Waals surface area contributed by atoms with Gasteiger partial charge in [0.15, 0.2) is 18.2 Å². The van der Waals surface area contributed by atoms with Gasteiger partial charge in [-0.05, 0) is 40.6 Å². The lowest BCUT2D eigenvalue weighted by atomic mass is 10.0. The molecule has 3 aromatic carbocycles. The lowest BCUT2D eigenvalue weighted by molar-refractivity contribution is 0.101. The summed E-state index contributed by atoms with van der Waals surface area (Å²) in [5.74, 6) is 0.636. The monoisotopic (exact) mass is 535 g/mol. The summed E-state index contributed by atoms with van der Waals surface area (Å²) in [6, 6.07) is 23.2. The number of amides is 1. The van der Waals surface area contributed by atoms with Crippen LogP contribution in [0.25, 0.3) is 10.8 Å². The summed E-state index contributed by atoms with van der Waals surface area (Å²) in [7, 11) is 0.